The van der Waals surface area contributed by atoms with Gasteiger partial charge in [-0.3, -0.25) is 9.78 Å². The average Bonchev–Trinajstić information content (AvgIpc) is 3.25. The predicted octanol–water partition coefficient (Wildman–Crippen LogP) is 3.73. The quantitative estimate of drug-likeness (QED) is 0.454. The number of carbonyl (C=O) groups excluding carboxylic acids is 1. The first-order valence-corrected chi connectivity index (χ1v) is 11.1. The fraction of sp³-hybridized carbons (Fsp3) is 0.333. The molecule has 166 valence electrons. The number of esters is 1. The van der Waals surface area contributed by atoms with E-state index >= 15 is 0 Å². The van der Waals surface area contributed by atoms with E-state index in [0.29, 0.717) is 11.7 Å². The Kier molecular flexibility index (Phi) is 6.23. The molecule has 0 bridgehead atoms. The summed E-state index contributed by atoms with van der Waals surface area (Å²) >= 11 is 5.65. The van der Waals surface area contributed by atoms with Crippen molar-refractivity contribution < 1.29 is 9.53 Å². The van der Waals surface area contributed by atoms with E-state index in [4.69, 9.17) is 17.0 Å². The van der Waals surface area contributed by atoms with Gasteiger partial charge in [-0.1, -0.05) is 12.1 Å². The van der Waals surface area contributed by atoms with E-state index in [1.54, 1.807) is 19.3 Å². The molecule has 8 heteroatoms. The third-order valence-corrected chi connectivity index (χ3v) is 6.14. The molecule has 1 aliphatic rings. The van der Waals surface area contributed by atoms with Crippen LogP contribution in [0.1, 0.15) is 47.2 Å². The van der Waals surface area contributed by atoms with E-state index < -0.39 is 0 Å². The zero-order valence-electron chi connectivity index (χ0n) is 18.7. The highest BCUT2D eigenvalue weighted by molar-refractivity contribution is 7.80. The van der Waals surface area contributed by atoms with Gasteiger partial charge in [0.25, 0.3) is 0 Å². The van der Waals surface area contributed by atoms with E-state index in [1.165, 1.54) is 0 Å². The van der Waals surface area contributed by atoms with Gasteiger partial charge >= 0.3 is 5.97 Å². The largest absolute Gasteiger partial charge is 0.465 e. The molecule has 2 atom stereocenters. The smallest absolute Gasteiger partial charge is 0.325 e. The number of nitrogens with one attached hydrogen (secondary N) is 1. The maximum absolute atomic E-state index is 12.4. The van der Waals surface area contributed by atoms with Crippen molar-refractivity contribution in [3.63, 3.8) is 0 Å². The lowest BCUT2D eigenvalue weighted by Gasteiger charge is -2.27. The summed E-state index contributed by atoms with van der Waals surface area (Å²) in [5.74, 6) is 0.589. The zero-order chi connectivity index (χ0) is 22.8. The van der Waals surface area contributed by atoms with Crippen molar-refractivity contribution in [2.75, 3.05) is 13.2 Å². The molecule has 7 nitrogen and oxygen atoms in total. The molecule has 1 aliphatic heterocycles. The fourth-order valence-corrected chi connectivity index (χ4v) is 4.69. The Balaban J connectivity index is 1.83. The van der Waals surface area contributed by atoms with Crippen LogP contribution < -0.4 is 5.32 Å². The third-order valence-electron chi connectivity index (χ3n) is 5.79. The Morgan fingerprint density at radius 2 is 1.94 bits per heavy atom. The second kappa shape index (κ2) is 9.08. The monoisotopic (exact) mass is 449 g/mol. The molecule has 0 unspecified atom stereocenters. The highest BCUT2D eigenvalue weighted by Gasteiger charge is 2.42. The van der Waals surface area contributed by atoms with Crippen molar-refractivity contribution in [2.24, 2.45) is 0 Å². The number of ether oxygens (including phenoxy) is 1. The van der Waals surface area contributed by atoms with Crippen molar-refractivity contribution in [1.82, 2.24) is 24.8 Å². The second-order valence-electron chi connectivity index (χ2n) is 7.87. The summed E-state index contributed by atoms with van der Waals surface area (Å²) in [6, 6.07) is 11.5. The van der Waals surface area contributed by atoms with Crippen molar-refractivity contribution in [1.29, 1.82) is 0 Å². The minimum Gasteiger partial charge on any atom is -0.465 e. The number of thiocarbonyl (C=S) groups is 1. The van der Waals surface area contributed by atoms with Gasteiger partial charge in [-0.25, -0.2) is 4.98 Å². The van der Waals surface area contributed by atoms with Crippen LogP contribution in [0, 0.1) is 20.8 Å². The third kappa shape index (κ3) is 3.98. The van der Waals surface area contributed by atoms with E-state index in [-0.39, 0.29) is 24.6 Å². The number of hydrogen-bond donors (Lipinski definition) is 1. The first-order chi connectivity index (χ1) is 15.4. The van der Waals surface area contributed by atoms with Crippen molar-refractivity contribution in [3.8, 4) is 5.82 Å². The number of aryl methyl sites for hydroxylation is 2. The number of rotatable bonds is 6. The van der Waals surface area contributed by atoms with Crippen molar-refractivity contribution >= 4 is 23.3 Å². The molecule has 0 saturated carbocycles. The molecule has 0 aliphatic carbocycles. The molecule has 3 aromatic heterocycles. The first kappa shape index (κ1) is 22.0. The Hall–Kier alpha value is -3.26. The predicted molar refractivity (Wildman–Crippen MR) is 127 cm³/mol. The van der Waals surface area contributed by atoms with Gasteiger partial charge in [-0.15, -0.1) is 0 Å². The number of aromatic nitrogens is 3. The standard InChI is InChI=1S/C24H27N5O2S/c1-5-31-20(30)14-28-22(21(27-24(28)32)19-10-6-7-11-25-19)18-13-16(3)29(17(18)4)23-15(2)9-8-12-26-23/h6-13,21-22H,5,14H2,1-4H3,(H,27,32)/t21-,22+/m1/s1. The molecule has 32 heavy (non-hydrogen) atoms. The first-order valence-electron chi connectivity index (χ1n) is 10.7. The second-order valence-corrected chi connectivity index (χ2v) is 8.25. The molecule has 0 spiro atoms. The normalized spacial score (nSPS) is 18.0. The summed E-state index contributed by atoms with van der Waals surface area (Å²) in [4.78, 5) is 23.5. The molecule has 3 aromatic rings. The van der Waals surface area contributed by atoms with E-state index in [1.807, 2.05) is 29.2 Å². The van der Waals surface area contributed by atoms with Gasteiger partial charge in [0.05, 0.1) is 24.4 Å². The van der Waals surface area contributed by atoms with Crippen molar-refractivity contribution in [3.05, 3.63) is 77.0 Å². The number of nitrogens with zero attached hydrogens (tertiary/aromatic N) is 4. The van der Waals surface area contributed by atoms with Crippen LogP contribution in [0.25, 0.3) is 5.82 Å². The summed E-state index contributed by atoms with van der Waals surface area (Å²) in [6.07, 6.45) is 3.57. The zero-order valence-corrected chi connectivity index (χ0v) is 19.5. The lowest BCUT2D eigenvalue weighted by Crippen LogP contribution is -2.35. The molecular weight excluding hydrogens is 422 g/mol. The molecule has 4 heterocycles. The SMILES string of the molecule is CCOC(=O)CN1C(=S)N[C@H](c2ccccn2)[C@@H]1c1cc(C)n(-c2ncccc2C)c1C. The van der Waals surface area contributed by atoms with Gasteiger partial charge in [-0.2, -0.15) is 0 Å². The maximum atomic E-state index is 12.4. The molecule has 0 amide bonds. The summed E-state index contributed by atoms with van der Waals surface area (Å²) < 4.78 is 7.38. The highest BCUT2D eigenvalue weighted by Crippen LogP contribution is 2.41. The lowest BCUT2D eigenvalue weighted by molar-refractivity contribution is -0.143. The minimum atomic E-state index is -0.308. The highest BCUT2D eigenvalue weighted by atomic mass is 32.1. The number of pyridine rings is 2. The van der Waals surface area contributed by atoms with Crippen molar-refractivity contribution in [2.45, 2.75) is 39.8 Å². The molecule has 0 radical (unpaired) electrons. The Morgan fingerprint density at radius 3 is 2.62 bits per heavy atom. The molecule has 0 aromatic carbocycles. The summed E-state index contributed by atoms with van der Waals surface area (Å²) in [7, 11) is 0. The maximum Gasteiger partial charge on any atom is 0.325 e. The summed E-state index contributed by atoms with van der Waals surface area (Å²) in [5.41, 5.74) is 5.14. The average molecular weight is 450 g/mol. The molecule has 1 N–H and O–H groups in total. The number of hydrogen-bond acceptors (Lipinski definition) is 5. The minimum absolute atomic E-state index is 0.0694. The van der Waals surface area contributed by atoms with Crippen LogP contribution in [-0.4, -0.2) is 43.7 Å². The van der Waals surface area contributed by atoms with Crippen LogP contribution in [0.4, 0.5) is 0 Å². The van der Waals surface area contributed by atoms with Crippen LogP contribution in [-0.2, 0) is 9.53 Å². The number of carbonyl (C=O) groups is 1. The molecule has 1 saturated heterocycles. The van der Waals surface area contributed by atoms with Gasteiger partial charge in [0.15, 0.2) is 5.11 Å². The van der Waals surface area contributed by atoms with E-state index in [2.05, 4.69) is 52.8 Å². The van der Waals surface area contributed by atoms with Gasteiger partial charge in [0.1, 0.15) is 12.4 Å². The lowest BCUT2D eigenvalue weighted by atomic mass is 9.97. The summed E-state index contributed by atoms with van der Waals surface area (Å²) in [5, 5.41) is 3.90. The molecule has 4 rings (SSSR count). The van der Waals surface area contributed by atoms with Gasteiger partial charge in [0.2, 0.25) is 0 Å². The van der Waals surface area contributed by atoms with Gasteiger partial charge in [-0.05, 0) is 75.3 Å². The van der Waals surface area contributed by atoms with Crippen LogP contribution in [0.15, 0.2) is 48.8 Å². The Labute approximate surface area is 193 Å². The van der Waals surface area contributed by atoms with E-state index in [0.717, 1.165) is 34.0 Å². The Morgan fingerprint density at radius 1 is 1.16 bits per heavy atom. The fourth-order valence-electron chi connectivity index (χ4n) is 4.38. The van der Waals surface area contributed by atoms with E-state index in [9.17, 15) is 4.79 Å². The van der Waals surface area contributed by atoms with Crippen LogP contribution in [0.3, 0.4) is 0 Å². The van der Waals surface area contributed by atoms with Gasteiger partial charge < -0.3 is 19.5 Å². The Bertz CT molecular complexity index is 1140. The topological polar surface area (TPSA) is 72.3 Å². The molecule has 1 fully saturated rings. The van der Waals surface area contributed by atoms with Crippen LogP contribution in [0.5, 0.6) is 0 Å². The van der Waals surface area contributed by atoms with Gasteiger partial charge in [0, 0.05) is 23.8 Å². The van der Waals surface area contributed by atoms with Crippen LogP contribution in [0.2, 0.25) is 0 Å². The van der Waals surface area contributed by atoms with Crippen LogP contribution >= 0.6 is 12.2 Å². The molecular formula is C24H27N5O2S. The summed E-state index contributed by atoms with van der Waals surface area (Å²) in [6.45, 7) is 8.40.